The van der Waals surface area contributed by atoms with E-state index < -0.39 is 0 Å². The highest BCUT2D eigenvalue weighted by Gasteiger charge is 2.22. The van der Waals surface area contributed by atoms with Crippen LogP contribution in [0.15, 0.2) is 23.1 Å². The van der Waals surface area contributed by atoms with Gasteiger partial charge in [-0.2, -0.15) is 0 Å². The zero-order valence-electron chi connectivity index (χ0n) is 10.4. The van der Waals surface area contributed by atoms with E-state index in [4.69, 9.17) is 4.74 Å². The van der Waals surface area contributed by atoms with Crippen molar-refractivity contribution < 1.29 is 14.3 Å². The van der Waals surface area contributed by atoms with E-state index >= 15 is 0 Å². The topological polar surface area (TPSA) is 55.4 Å². The minimum Gasteiger partial charge on any atom is -0.469 e. The predicted octanol–water partition coefficient (Wildman–Crippen LogP) is 2.40. The lowest BCUT2D eigenvalue weighted by molar-refractivity contribution is -0.142. The number of hydrogen-bond donors (Lipinski definition) is 1. The Morgan fingerprint density at radius 1 is 1.56 bits per heavy atom. The molecule has 18 heavy (non-hydrogen) atoms. The summed E-state index contributed by atoms with van der Waals surface area (Å²) >= 11 is 1.51. The van der Waals surface area contributed by atoms with Crippen molar-refractivity contribution in [1.82, 2.24) is 0 Å². The molecule has 1 aromatic rings. The third kappa shape index (κ3) is 2.51. The van der Waals surface area contributed by atoms with Gasteiger partial charge in [0, 0.05) is 4.90 Å². The van der Waals surface area contributed by atoms with Gasteiger partial charge in [-0.1, -0.05) is 13.0 Å². The molecule has 0 spiro atoms. The second kappa shape index (κ2) is 5.44. The Morgan fingerprint density at radius 2 is 2.33 bits per heavy atom. The van der Waals surface area contributed by atoms with Gasteiger partial charge >= 0.3 is 5.97 Å². The molecule has 96 valence electrons. The Labute approximate surface area is 110 Å². The van der Waals surface area contributed by atoms with E-state index in [1.54, 1.807) is 0 Å². The Balaban J connectivity index is 2.32. The average molecular weight is 265 g/mol. The van der Waals surface area contributed by atoms with Crippen molar-refractivity contribution in [2.24, 2.45) is 0 Å². The SMILES string of the molecule is CCC(C(=O)OC)c1ccc2c(c1)NC(=O)CS2. The van der Waals surface area contributed by atoms with Crippen molar-refractivity contribution in [2.45, 2.75) is 24.2 Å². The zero-order valence-corrected chi connectivity index (χ0v) is 11.2. The lowest BCUT2D eigenvalue weighted by Crippen LogP contribution is -2.19. The average Bonchev–Trinajstić information content (AvgIpc) is 2.38. The number of benzene rings is 1. The molecule has 0 aromatic heterocycles. The van der Waals surface area contributed by atoms with Crippen molar-refractivity contribution in [3.63, 3.8) is 0 Å². The summed E-state index contributed by atoms with van der Waals surface area (Å²) in [6.45, 7) is 1.94. The number of hydrogen-bond acceptors (Lipinski definition) is 4. The summed E-state index contributed by atoms with van der Waals surface area (Å²) in [5.74, 6) is -0.0762. The summed E-state index contributed by atoms with van der Waals surface area (Å²) in [7, 11) is 1.39. The molecule has 1 aliphatic heterocycles. The summed E-state index contributed by atoms with van der Waals surface area (Å²) in [6, 6.07) is 5.74. The Hall–Kier alpha value is -1.49. The number of esters is 1. The lowest BCUT2D eigenvalue weighted by atomic mass is 9.96. The Kier molecular flexibility index (Phi) is 3.91. The van der Waals surface area contributed by atoms with Crippen LogP contribution in [0.5, 0.6) is 0 Å². The van der Waals surface area contributed by atoms with Gasteiger partial charge < -0.3 is 10.1 Å². The maximum absolute atomic E-state index is 11.7. The maximum atomic E-state index is 11.7. The van der Waals surface area contributed by atoms with Crippen LogP contribution in [0.25, 0.3) is 0 Å². The van der Waals surface area contributed by atoms with Gasteiger partial charge in [-0.25, -0.2) is 0 Å². The molecule has 5 heteroatoms. The first-order chi connectivity index (χ1) is 8.65. The number of fused-ring (bicyclic) bond motifs is 1. The molecule has 1 amide bonds. The Morgan fingerprint density at radius 3 is 3.00 bits per heavy atom. The fourth-order valence-corrected chi connectivity index (χ4v) is 2.79. The highest BCUT2D eigenvalue weighted by Crippen LogP contribution is 2.34. The van der Waals surface area contributed by atoms with E-state index in [2.05, 4.69) is 5.32 Å². The molecule has 0 radical (unpaired) electrons. The van der Waals surface area contributed by atoms with Gasteiger partial charge in [0.1, 0.15) is 0 Å². The van der Waals surface area contributed by atoms with Gasteiger partial charge in [-0.15, -0.1) is 11.8 Å². The van der Waals surface area contributed by atoms with Crippen LogP contribution in [0.3, 0.4) is 0 Å². The molecule has 0 fully saturated rings. The molecule has 1 aliphatic rings. The first-order valence-electron chi connectivity index (χ1n) is 5.80. The molecular formula is C13H15NO3S. The van der Waals surface area contributed by atoms with Crippen LogP contribution in [-0.2, 0) is 14.3 Å². The van der Waals surface area contributed by atoms with Gasteiger partial charge in [0.25, 0.3) is 0 Å². The number of ether oxygens (including phenoxy) is 1. The van der Waals surface area contributed by atoms with Crippen LogP contribution in [0.1, 0.15) is 24.8 Å². The zero-order chi connectivity index (χ0) is 13.1. The van der Waals surface area contributed by atoms with Crippen molar-refractivity contribution in [3.8, 4) is 0 Å². The number of carbonyl (C=O) groups is 2. The van der Waals surface area contributed by atoms with E-state index in [0.717, 1.165) is 16.1 Å². The molecule has 1 atom stereocenters. The van der Waals surface area contributed by atoms with E-state index in [1.807, 2.05) is 25.1 Å². The molecule has 2 rings (SSSR count). The quantitative estimate of drug-likeness (QED) is 0.853. The standard InChI is InChI=1S/C13H15NO3S/c1-3-9(13(16)17-2)8-4-5-11-10(6-8)14-12(15)7-18-11/h4-6,9H,3,7H2,1-2H3,(H,14,15). The molecule has 1 N–H and O–H groups in total. The van der Waals surface area contributed by atoms with Crippen molar-refractivity contribution in [2.75, 3.05) is 18.2 Å². The van der Waals surface area contributed by atoms with Crippen LogP contribution >= 0.6 is 11.8 Å². The second-order valence-corrected chi connectivity index (χ2v) is 5.09. The monoisotopic (exact) mass is 265 g/mol. The van der Waals surface area contributed by atoms with Crippen LogP contribution < -0.4 is 5.32 Å². The molecule has 0 aliphatic carbocycles. The molecule has 1 unspecified atom stereocenters. The van der Waals surface area contributed by atoms with Crippen LogP contribution in [-0.4, -0.2) is 24.7 Å². The number of amides is 1. The third-order valence-corrected chi connectivity index (χ3v) is 4.01. The first kappa shape index (κ1) is 13.0. The molecule has 0 bridgehead atoms. The number of carbonyl (C=O) groups excluding carboxylic acids is 2. The molecule has 0 saturated heterocycles. The van der Waals surface area contributed by atoms with E-state index in [-0.39, 0.29) is 17.8 Å². The number of nitrogens with one attached hydrogen (secondary N) is 1. The number of anilines is 1. The number of thioether (sulfide) groups is 1. The predicted molar refractivity (Wildman–Crippen MR) is 70.8 cm³/mol. The largest absolute Gasteiger partial charge is 0.469 e. The summed E-state index contributed by atoms with van der Waals surface area (Å²) in [4.78, 5) is 24.0. The maximum Gasteiger partial charge on any atom is 0.313 e. The van der Waals surface area contributed by atoms with Gasteiger partial charge in [0.2, 0.25) is 5.91 Å². The van der Waals surface area contributed by atoms with Crippen LogP contribution in [0, 0.1) is 0 Å². The number of methoxy groups -OCH3 is 1. The van der Waals surface area contributed by atoms with Crippen molar-refractivity contribution >= 4 is 29.3 Å². The van der Waals surface area contributed by atoms with Crippen molar-refractivity contribution in [1.29, 1.82) is 0 Å². The molecular weight excluding hydrogens is 250 g/mol. The summed E-state index contributed by atoms with van der Waals surface area (Å²) < 4.78 is 4.79. The molecule has 1 heterocycles. The minimum absolute atomic E-state index is 0.00392. The summed E-state index contributed by atoms with van der Waals surface area (Å²) in [6.07, 6.45) is 0.673. The fraction of sp³-hybridized carbons (Fsp3) is 0.385. The summed E-state index contributed by atoms with van der Waals surface area (Å²) in [5.41, 5.74) is 1.67. The van der Waals surface area contributed by atoms with Crippen LogP contribution in [0.2, 0.25) is 0 Å². The fourth-order valence-electron chi connectivity index (χ4n) is 2.00. The summed E-state index contributed by atoms with van der Waals surface area (Å²) in [5, 5.41) is 2.82. The van der Waals surface area contributed by atoms with Crippen molar-refractivity contribution in [3.05, 3.63) is 23.8 Å². The third-order valence-electron chi connectivity index (χ3n) is 2.93. The van der Waals surface area contributed by atoms with E-state index in [1.165, 1.54) is 18.9 Å². The Bertz CT molecular complexity index is 487. The highest BCUT2D eigenvalue weighted by molar-refractivity contribution is 8.00. The second-order valence-electron chi connectivity index (χ2n) is 4.08. The molecule has 0 saturated carbocycles. The molecule has 1 aromatic carbocycles. The highest BCUT2D eigenvalue weighted by atomic mass is 32.2. The molecule has 4 nitrogen and oxygen atoms in total. The van der Waals surface area contributed by atoms with Gasteiger partial charge in [-0.3, -0.25) is 9.59 Å². The van der Waals surface area contributed by atoms with Gasteiger partial charge in [0.05, 0.1) is 24.5 Å². The van der Waals surface area contributed by atoms with E-state index in [0.29, 0.717) is 12.2 Å². The van der Waals surface area contributed by atoms with Gasteiger partial charge in [-0.05, 0) is 24.1 Å². The van der Waals surface area contributed by atoms with Gasteiger partial charge in [0.15, 0.2) is 0 Å². The lowest BCUT2D eigenvalue weighted by Gasteiger charge is -2.19. The van der Waals surface area contributed by atoms with E-state index in [9.17, 15) is 9.59 Å². The van der Waals surface area contributed by atoms with Crippen LogP contribution in [0.4, 0.5) is 5.69 Å². The smallest absolute Gasteiger partial charge is 0.313 e. The number of rotatable bonds is 3. The minimum atomic E-state index is -0.274. The normalized spacial score (nSPS) is 15.6. The first-order valence-corrected chi connectivity index (χ1v) is 6.78.